The molecule has 0 aromatic heterocycles. The van der Waals surface area contributed by atoms with Gasteiger partial charge in [-0.3, -0.25) is 0 Å². The van der Waals surface area contributed by atoms with E-state index in [4.69, 9.17) is 4.74 Å². The first-order valence-corrected chi connectivity index (χ1v) is 7.73. The van der Waals surface area contributed by atoms with Gasteiger partial charge in [0.15, 0.2) is 0 Å². The maximum atomic E-state index is 11.7. The second kappa shape index (κ2) is 5.36. The number of ether oxygens (including phenoxy) is 1. The second-order valence-corrected chi connectivity index (χ2v) is 6.60. The van der Waals surface area contributed by atoms with Gasteiger partial charge < -0.3 is 4.74 Å². The zero-order valence-electron chi connectivity index (χ0n) is 9.89. The Morgan fingerprint density at radius 3 is 2.76 bits per heavy atom. The summed E-state index contributed by atoms with van der Waals surface area (Å²) < 4.78 is 31.6. The molecule has 1 heterocycles. The van der Waals surface area contributed by atoms with Gasteiger partial charge in [-0.2, -0.15) is 0 Å². The molecule has 1 aliphatic carbocycles. The van der Waals surface area contributed by atoms with Crippen molar-refractivity contribution in [3.05, 3.63) is 18.4 Å². The largest absolute Gasteiger partial charge is 0.374 e. The maximum absolute atomic E-state index is 11.7. The predicted octanol–water partition coefficient (Wildman–Crippen LogP) is 1.20. The zero-order valence-corrected chi connectivity index (χ0v) is 10.7. The standard InChI is InChI=1S/C12H19NO3S/c1-2-3-8-13-17(14,15)9-11-6-7-12(16-11)10-4-5-10/h3,10-13H,1,4-9H2. The lowest BCUT2D eigenvalue weighted by Crippen LogP contribution is -2.32. The maximum Gasteiger partial charge on any atom is 0.214 e. The Kier molecular flexibility index (Phi) is 4.05. The summed E-state index contributed by atoms with van der Waals surface area (Å²) in [5.74, 6) is 0.764. The quantitative estimate of drug-likeness (QED) is 0.728. The number of hydrogen-bond donors (Lipinski definition) is 1. The normalized spacial score (nSPS) is 28.9. The third-order valence-electron chi connectivity index (χ3n) is 3.24. The Morgan fingerprint density at radius 2 is 2.12 bits per heavy atom. The average Bonchev–Trinajstić information content (AvgIpc) is 3.01. The van der Waals surface area contributed by atoms with Crippen LogP contribution in [0.4, 0.5) is 0 Å². The summed E-state index contributed by atoms with van der Waals surface area (Å²) in [6, 6.07) is 0. The summed E-state index contributed by atoms with van der Waals surface area (Å²) in [6.07, 6.45) is 6.09. The molecule has 2 aliphatic rings. The van der Waals surface area contributed by atoms with E-state index in [1.54, 1.807) is 6.08 Å². The minimum absolute atomic E-state index is 0.0706. The van der Waals surface area contributed by atoms with E-state index in [-0.39, 0.29) is 18.4 Å². The van der Waals surface area contributed by atoms with Crippen molar-refractivity contribution in [3.8, 4) is 0 Å². The smallest absolute Gasteiger partial charge is 0.214 e. The molecule has 0 bridgehead atoms. The van der Waals surface area contributed by atoms with Crippen molar-refractivity contribution in [3.63, 3.8) is 0 Å². The van der Waals surface area contributed by atoms with Crippen LogP contribution in [-0.2, 0) is 14.8 Å². The predicted molar refractivity (Wildman–Crippen MR) is 66.1 cm³/mol. The van der Waals surface area contributed by atoms with Crippen LogP contribution >= 0.6 is 0 Å². The van der Waals surface area contributed by atoms with Gasteiger partial charge in [-0.1, -0.05) is 6.58 Å². The molecular formula is C12H19NO3S. The van der Waals surface area contributed by atoms with E-state index in [2.05, 4.69) is 17.0 Å². The molecule has 4 nitrogen and oxygen atoms in total. The number of hydrogen-bond acceptors (Lipinski definition) is 3. The molecule has 17 heavy (non-hydrogen) atoms. The van der Waals surface area contributed by atoms with Crippen LogP contribution in [0.1, 0.15) is 25.7 Å². The lowest BCUT2D eigenvalue weighted by atomic mass is 10.1. The highest BCUT2D eigenvalue weighted by molar-refractivity contribution is 7.89. The van der Waals surface area contributed by atoms with Crippen LogP contribution in [0.25, 0.3) is 0 Å². The lowest BCUT2D eigenvalue weighted by molar-refractivity contribution is 0.0444. The van der Waals surface area contributed by atoms with Crippen LogP contribution in [0, 0.1) is 5.92 Å². The first-order chi connectivity index (χ1) is 8.11. The second-order valence-electron chi connectivity index (χ2n) is 4.75. The Morgan fingerprint density at radius 1 is 1.35 bits per heavy atom. The van der Waals surface area contributed by atoms with Gasteiger partial charge in [-0.15, -0.1) is 5.73 Å². The van der Waals surface area contributed by atoms with Crippen molar-refractivity contribution in [2.45, 2.75) is 37.9 Å². The third-order valence-corrected chi connectivity index (χ3v) is 4.66. The molecule has 5 heteroatoms. The van der Waals surface area contributed by atoms with E-state index < -0.39 is 10.0 Å². The summed E-state index contributed by atoms with van der Waals surface area (Å²) in [6.45, 7) is 3.63. The van der Waals surface area contributed by atoms with Gasteiger partial charge in [0.25, 0.3) is 0 Å². The molecule has 2 rings (SSSR count). The third kappa shape index (κ3) is 3.96. The van der Waals surface area contributed by atoms with Crippen molar-refractivity contribution in [2.24, 2.45) is 5.92 Å². The summed E-state index contributed by atoms with van der Waals surface area (Å²) in [7, 11) is -3.24. The number of sulfonamides is 1. The van der Waals surface area contributed by atoms with Gasteiger partial charge in [-0.25, -0.2) is 13.1 Å². The molecule has 0 aromatic rings. The SMILES string of the molecule is C=C=CCNS(=O)(=O)CC1CCC(C2CC2)O1. The molecule has 0 spiro atoms. The highest BCUT2D eigenvalue weighted by Gasteiger charge is 2.38. The molecule has 1 saturated heterocycles. The van der Waals surface area contributed by atoms with Crippen molar-refractivity contribution < 1.29 is 13.2 Å². The molecule has 2 unspecified atom stereocenters. The zero-order chi connectivity index (χ0) is 12.3. The van der Waals surface area contributed by atoms with E-state index in [0.717, 1.165) is 12.8 Å². The van der Waals surface area contributed by atoms with Gasteiger partial charge in [-0.05, 0) is 37.7 Å². The van der Waals surface area contributed by atoms with Crippen molar-refractivity contribution >= 4 is 10.0 Å². The van der Waals surface area contributed by atoms with Crippen LogP contribution in [-0.4, -0.2) is 32.9 Å². The number of nitrogens with one attached hydrogen (secondary N) is 1. The Bertz CT molecular complexity index is 407. The van der Waals surface area contributed by atoms with Gasteiger partial charge >= 0.3 is 0 Å². The Hall–Kier alpha value is -0.610. The highest BCUT2D eigenvalue weighted by Crippen LogP contribution is 2.40. The van der Waals surface area contributed by atoms with E-state index in [1.165, 1.54) is 12.8 Å². The van der Waals surface area contributed by atoms with Gasteiger partial charge in [0.2, 0.25) is 10.0 Å². The molecule has 1 saturated carbocycles. The summed E-state index contributed by atoms with van der Waals surface area (Å²) in [5.41, 5.74) is 2.53. The molecule has 1 aliphatic heterocycles. The minimum atomic E-state index is -3.24. The lowest BCUT2D eigenvalue weighted by Gasteiger charge is -2.13. The molecule has 0 radical (unpaired) electrons. The molecule has 96 valence electrons. The minimum Gasteiger partial charge on any atom is -0.374 e. The molecule has 2 fully saturated rings. The van der Waals surface area contributed by atoms with Crippen LogP contribution < -0.4 is 4.72 Å². The first-order valence-electron chi connectivity index (χ1n) is 6.08. The van der Waals surface area contributed by atoms with Gasteiger partial charge in [0.1, 0.15) is 0 Å². The van der Waals surface area contributed by atoms with E-state index in [9.17, 15) is 8.42 Å². The van der Waals surface area contributed by atoms with Gasteiger partial charge in [0.05, 0.1) is 18.0 Å². The van der Waals surface area contributed by atoms with Crippen molar-refractivity contribution in [1.82, 2.24) is 4.72 Å². The van der Waals surface area contributed by atoms with Crippen LogP contribution in [0.5, 0.6) is 0 Å². The van der Waals surface area contributed by atoms with Crippen molar-refractivity contribution in [2.75, 3.05) is 12.3 Å². The topological polar surface area (TPSA) is 55.4 Å². The summed E-state index contributed by atoms with van der Waals surface area (Å²) in [5, 5.41) is 0. The van der Waals surface area contributed by atoms with Gasteiger partial charge in [0, 0.05) is 6.54 Å². The molecular weight excluding hydrogens is 238 g/mol. The first kappa shape index (κ1) is 12.8. The van der Waals surface area contributed by atoms with E-state index >= 15 is 0 Å². The molecule has 1 N–H and O–H groups in total. The molecule has 0 aromatic carbocycles. The molecule has 2 atom stereocenters. The van der Waals surface area contributed by atoms with Crippen molar-refractivity contribution in [1.29, 1.82) is 0 Å². The number of rotatable bonds is 6. The van der Waals surface area contributed by atoms with E-state index in [1.807, 2.05) is 0 Å². The van der Waals surface area contributed by atoms with Crippen LogP contribution in [0.3, 0.4) is 0 Å². The average molecular weight is 257 g/mol. The fourth-order valence-electron chi connectivity index (χ4n) is 2.22. The summed E-state index contributed by atoms with van der Waals surface area (Å²) in [4.78, 5) is 0. The fraction of sp³-hybridized carbons (Fsp3) is 0.750. The molecule has 0 amide bonds. The monoisotopic (exact) mass is 257 g/mol. The van der Waals surface area contributed by atoms with Crippen LogP contribution in [0.15, 0.2) is 18.4 Å². The highest BCUT2D eigenvalue weighted by atomic mass is 32.2. The van der Waals surface area contributed by atoms with E-state index in [0.29, 0.717) is 12.0 Å². The Labute approximate surface area is 103 Å². The van der Waals surface area contributed by atoms with Crippen LogP contribution in [0.2, 0.25) is 0 Å². The Balaban J connectivity index is 1.77. The summed E-state index contributed by atoms with van der Waals surface area (Å²) >= 11 is 0. The fourth-order valence-corrected chi connectivity index (χ4v) is 3.41.